The van der Waals surface area contributed by atoms with E-state index in [2.05, 4.69) is 19.2 Å². The van der Waals surface area contributed by atoms with Crippen molar-refractivity contribution in [1.82, 2.24) is 10.2 Å². The summed E-state index contributed by atoms with van der Waals surface area (Å²) in [7, 11) is 1.71. The lowest BCUT2D eigenvalue weighted by atomic mass is 10.0. The van der Waals surface area contributed by atoms with Crippen molar-refractivity contribution in [2.24, 2.45) is 0 Å². The van der Waals surface area contributed by atoms with Crippen LogP contribution in [0, 0.1) is 0 Å². The van der Waals surface area contributed by atoms with Gasteiger partial charge in [0.05, 0.1) is 6.54 Å². The van der Waals surface area contributed by atoms with Crippen molar-refractivity contribution in [2.75, 3.05) is 20.1 Å². The Morgan fingerprint density at radius 3 is 2.57 bits per heavy atom. The van der Waals surface area contributed by atoms with Gasteiger partial charge in [-0.25, -0.2) is 4.79 Å². The summed E-state index contributed by atoms with van der Waals surface area (Å²) in [6.07, 6.45) is 0.202. The van der Waals surface area contributed by atoms with Crippen LogP contribution >= 0.6 is 0 Å². The highest BCUT2D eigenvalue weighted by Crippen LogP contribution is 2.15. The number of ether oxygens (including phenoxy) is 1. The SMILES string of the molecule is CC(C)c1ccc(C(=O)NCCC2CN(C)C(=O)O2)cc1. The van der Waals surface area contributed by atoms with Crippen LogP contribution in [-0.2, 0) is 4.74 Å². The van der Waals surface area contributed by atoms with Crippen LogP contribution in [0.5, 0.6) is 0 Å². The average molecular weight is 290 g/mol. The lowest BCUT2D eigenvalue weighted by Crippen LogP contribution is -2.28. The predicted octanol–water partition coefficient (Wildman–Crippen LogP) is 2.38. The molecular weight excluding hydrogens is 268 g/mol. The molecule has 1 heterocycles. The number of carbonyl (C=O) groups excluding carboxylic acids is 2. The molecule has 1 aliphatic rings. The van der Waals surface area contributed by atoms with E-state index in [0.29, 0.717) is 31.0 Å². The van der Waals surface area contributed by atoms with Crippen LogP contribution in [0.2, 0.25) is 0 Å². The molecule has 0 aromatic heterocycles. The fourth-order valence-corrected chi connectivity index (χ4v) is 2.27. The Bertz CT molecular complexity index is 511. The zero-order valence-electron chi connectivity index (χ0n) is 12.8. The van der Waals surface area contributed by atoms with Gasteiger partial charge in [0.25, 0.3) is 5.91 Å². The Morgan fingerprint density at radius 2 is 2.05 bits per heavy atom. The fourth-order valence-electron chi connectivity index (χ4n) is 2.27. The molecule has 0 radical (unpaired) electrons. The van der Waals surface area contributed by atoms with Crippen molar-refractivity contribution in [3.8, 4) is 0 Å². The first-order chi connectivity index (χ1) is 9.97. The van der Waals surface area contributed by atoms with E-state index in [4.69, 9.17) is 4.74 Å². The molecule has 1 N–H and O–H groups in total. The van der Waals surface area contributed by atoms with Gasteiger partial charge in [-0.15, -0.1) is 0 Å². The second-order valence-electron chi connectivity index (χ2n) is 5.71. The molecule has 2 rings (SSSR count). The normalized spacial score (nSPS) is 18.0. The van der Waals surface area contributed by atoms with E-state index in [1.807, 2.05) is 24.3 Å². The van der Waals surface area contributed by atoms with Crippen LogP contribution in [0.4, 0.5) is 4.79 Å². The molecule has 0 saturated carbocycles. The van der Waals surface area contributed by atoms with Gasteiger partial charge in [-0.3, -0.25) is 4.79 Å². The molecule has 1 aromatic carbocycles. The van der Waals surface area contributed by atoms with Crippen LogP contribution in [-0.4, -0.2) is 43.1 Å². The first-order valence-corrected chi connectivity index (χ1v) is 7.27. The molecule has 2 amide bonds. The van der Waals surface area contributed by atoms with Gasteiger partial charge in [0.1, 0.15) is 6.10 Å². The molecule has 5 nitrogen and oxygen atoms in total. The summed E-state index contributed by atoms with van der Waals surface area (Å²) in [6.45, 7) is 5.32. The van der Waals surface area contributed by atoms with Crippen molar-refractivity contribution in [1.29, 1.82) is 0 Å². The van der Waals surface area contributed by atoms with E-state index in [1.54, 1.807) is 7.05 Å². The van der Waals surface area contributed by atoms with E-state index < -0.39 is 0 Å². The molecule has 5 heteroatoms. The zero-order valence-corrected chi connectivity index (χ0v) is 12.8. The third kappa shape index (κ3) is 3.97. The van der Waals surface area contributed by atoms with E-state index in [9.17, 15) is 9.59 Å². The Morgan fingerprint density at radius 1 is 1.38 bits per heavy atom. The summed E-state index contributed by atoms with van der Waals surface area (Å²) in [6, 6.07) is 7.64. The molecule has 1 saturated heterocycles. The predicted molar refractivity (Wildman–Crippen MR) is 80.4 cm³/mol. The number of likely N-dealkylation sites (N-methyl/N-ethyl adjacent to an activating group) is 1. The molecule has 0 aliphatic carbocycles. The second-order valence-corrected chi connectivity index (χ2v) is 5.71. The number of hydrogen-bond acceptors (Lipinski definition) is 3. The molecule has 0 bridgehead atoms. The monoisotopic (exact) mass is 290 g/mol. The number of nitrogens with one attached hydrogen (secondary N) is 1. The second kappa shape index (κ2) is 6.61. The maximum atomic E-state index is 12.0. The number of carbonyl (C=O) groups is 2. The van der Waals surface area contributed by atoms with Gasteiger partial charge in [0.15, 0.2) is 0 Å². The number of amides is 2. The molecule has 1 unspecified atom stereocenters. The molecule has 0 spiro atoms. The number of benzene rings is 1. The van der Waals surface area contributed by atoms with Crippen LogP contribution in [0.25, 0.3) is 0 Å². The molecule has 1 aliphatic heterocycles. The van der Waals surface area contributed by atoms with Gasteiger partial charge in [-0.05, 0) is 23.6 Å². The van der Waals surface area contributed by atoms with Gasteiger partial charge >= 0.3 is 6.09 Å². The number of cyclic esters (lactones) is 1. The van der Waals surface area contributed by atoms with Gasteiger partial charge in [0.2, 0.25) is 0 Å². The minimum absolute atomic E-state index is 0.0945. The van der Waals surface area contributed by atoms with Crippen molar-refractivity contribution < 1.29 is 14.3 Å². The topological polar surface area (TPSA) is 58.6 Å². The molecule has 1 aromatic rings. The van der Waals surface area contributed by atoms with Gasteiger partial charge in [-0.2, -0.15) is 0 Å². The molecule has 1 fully saturated rings. The summed E-state index contributed by atoms with van der Waals surface area (Å²) in [5.41, 5.74) is 1.87. The first kappa shape index (κ1) is 15.4. The average Bonchev–Trinajstić information content (AvgIpc) is 2.77. The molecule has 21 heavy (non-hydrogen) atoms. The molecule has 114 valence electrons. The maximum absolute atomic E-state index is 12.0. The quantitative estimate of drug-likeness (QED) is 0.905. The first-order valence-electron chi connectivity index (χ1n) is 7.27. The largest absolute Gasteiger partial charge is 0.444 e. The summed E-state index contributed by atoms with van der Waals surface area (Å²) < 4.78 is 5.14. The lowest BCUT2D eigenvalue weighted by Gasteiger charge is -2.10. The van der Waals surface area contributed by atoms with Crippen LogP contribution < -0.4 is 5.32 Å². The van der Waals surface area contributed by atoms with E-state index in [1.165, 1.54) is 10.5 Å². The molecular formula is C16H22N2O3. The highest BCUT2D eigenvalue weighted by molar-refractivity contribution is 5.94. The number of hydrogen-bond donors (Lipinski definition) is 1. The Kier molecular flexibility index (Phi) is 4.83. The van der Waals surface area contributed by atoms with E-state index in [0.717, 1.165) is 0 Å². The minimum atomic E-state index is -0.296. The Labute approximate surface area is 125 Å². The number of rotatable bonds is 5. The summed E-state index contributed by atoms with van der Waals surface area (Å²) >= 11 is 0. The van der Waals surface area contributed by atoms with E-state index >= 15 is 0 Å². The molecule has 1 atom stereocenters. The third-order valence-electron chi connectivity index (χ3n) is 3.65. The van der Waals surface area contributed by atoms with Gasteiger partial charge < -0.3 is 15.0 Å². The Balaban J connectivity index is 1.78. The smallest absolute Gasteiger partial charge is 0.409 e. The lowest BCUT2D eigenvalue weighted by molar-refractivity contribution is 0.0944. The van der Waals surface area contributed by atoms with Gasteiger partial charge in [0, 0.05) is 25.6 Å². The van der Waals surface area contributed by atoms with Crippen molar-refractivity contribution in [3.05, 3.63) is 35.4 Å². The zero-order chi connectivity index (χ0) is 15.4. The van der Waals surface area contributed by atoms with Gasteiger partial charge in [-0.1, -0.05) is 26.0 Å². The van der Waals surface area contributed by atoms with Crippen LogP contribution in [0.3, 0.4) is 0 Å². The highest BCUT2D eigenvalue weighted by Gasteiger charge is 2.27. The van der Waals surface area contributed by atoms with E-state index in [-0.39, 0.29) is 18.1 Å². The van der Waals surface area contributed by atoms with Crippen LogP contribution in [0.15, 0.2) is 24.3 Å². The van der Waals surface area contributed by atoms with Crippen molar-refractivity contribution in [3.63, 3.8) is 0 Å². The fraction of sp³-hybridized carbons (Fsp3) is 0.500. The van der Waals surface area contributed by atoms with Crippen molar-refractivity contribution in [2.45, 2.75) is 32.3 Å². The summed E-state index contributed by atoms with van der Waals surface area (Å²) in [5, 5.41) is 2.86. The summed E-state index contributed by atoms with van der Waals surface area (Å²) in [5.74, 6) is 0.360. The summed E-state index contributed by atoms with van der Waals surface area (Å²) in [4.78, 5) is 24.7. The maximum Gasteiger partial charge on any atom is 0.409 e. The number of nitrogens with zero attached hydrogens (tertiary/aromatic N) is 1. The third-order valence-corrected chi connectivity index (χ3v) is 3.65. The minimum Gasteiger partial charge on any atom is -0.444 e. The Hall–Kier alpha value is -2.04. The highest BCUT2D eigenvalue weighted by atomic mass is 16.6. The van der Waals surface area contributed by atoms with Crippen molar-refractivity contribution >= 4 is 12.0 Å². The standard InChI is InChI=1S/C16H22N2O3/c1-11(2)12-4-6-13(7-5-12)15(19)17-9-8-14-10-18(3)16(20)21-14/h4-7,11,14H,8-10H2,1-3H3,(H,17,19). The van der Waals surface area contributed by atoms with Crippen LogP contribution in [0.1, 0.15) is 42.1 Å².